The number of ketones is 2. The summed E-state index contributed by atoms with van der Waals surface area (Å²) in [5.41, 5.74) is 1.44. The number of halogens is 6. The van der Waals surface area contributed by atoms with Crippen LogP contribution in [0.25, 0.3) is 11.1 Å². The Morgan fingerprint density at radius 1 is 0.936 bits per heavy atom. The van der Waals surface area contributed by atoms with Gasteiger partial charge in [-0.05, 0) is 72.4 Å². The van der Waals surface area contributed by atoms with Crippen LogP contribution in [-0.2, 0) is 34.9 Å². The fourth-order valence-corrected chi connectivity index (χ4v) is 7.10. The zero-order valence-electron chi connectivity index (χ0n) is 25.2. The molecular weight excluding hydrogens is 620 g/mol. The summed E-state index contributed by atoms with van der Waals surface area (Å²) in [5, 5.41) is 3.77. The number of benzene rings is 2. The number of carbonyl (C=O) groups excluding carboxylic acids is 2. The SMILES string of the molecule is O=C(Cc1ccc(-c2cccnc2[C@@H](CC(=O)Cn2nc(C(F)F)c3c2C(F)(F)C2CC32)Cc2cc(F)cc(F)c2)cc1)CC1CC1. The number of hydrogen-bond acceptors (Lipinski definition) is 4. The Labute approximate surface area is 267 Å². The topological polar surface area (TPSA) is 64.8 Å². The van der Waals surface area contributed by atoms with Gasteiger partial charge in [0.25, 0.3) is 12.3 Å². The van der Waals surface area contributed by atoms with Crippen molar-refractivity contribution in [2.75, 3.05) is 0 Å². The normalized spacial score (nSPS) is 19.8. The van der Waals surface area contributed by atoms with Crippen LogP contribution in [0.3, 0.4) is 0 Å². The predicted molar refractivity (Wildman–Crippen MR) is 160 cm³/mol. The zero-order valence-corrected chi connectivity index (χ0v) is 25.2. The monoisotopic (exact) mass is 651 g/mol. The Balaban J connectivity index is 1.18. The van der Waals surface area contributed by atoms with Crippen molar-refractivity contribution in [3.05, 3.63) is 106 Å². The third-order valence-electron chi connectivity index (χ3n) is 9.48. The first kappa shape index (κ1) is 31.3. The molecule has 5 nitrogen and oxygen atoms in total. The van der Waals surface area contributed by atoms with Gasteiger partial charge in [0.15, 0.2) is 5.78 Å². The predicted octanol–water partition coefficient (Wildman–Crippen LogP) is 8.27. The fourth-order valence-electron chi connectivity index (χ4n) is 7.10. The minimum atomic E-state index is -3.37. The molecule has 2 aromatic carbocycles. The van der Waals surface area contributed by atoms with Crippen molar-refractivity contribution in [3.8, 4) is 11.1 Å². The van der Waals surface area contributed by atoms with E-state index >= 15 is 8.78 Å². The molecule has 0 amide bonds. The third-order valence-corrected chi connectivity index (χ3v) is 9.48. The van der Waals surface area contributed by atoms with E-state index in [1.165, 1.54) is 6.20 Å². The number of carbonyl (C=O) groups is 2. The first-order valence-corrected chi connectivity index (χ1v) is 15.8. The number of aromatic nitrogens is 3. The lowest BCUT2D eigenvalue weighted by Crippen LogP contribution is -2.24. The summed E-state index contributed by atoms with van der Waals surface area (Å²) in [4.78, 5) is 30.5. The average Bonchev–Trinajstić information content (AvgIpc) is 3.93. The maximum atomic E-state index is 15.1. The van der Waals surface area contributed by atoms with Gasteiger partial charge in [-0.25, -0.2) is 17.6 Å². The number of pyridine rings is 1. The Bertz CT molecular complexity index is 1830. The summed E-state index contributed by atoms with van der Waals surface area (Å²) in [6, 6.07) is 13.9. The molecule has 0 spiro atoms. The number of fused-ring (bicyclic) bond motifs is 3. The van der Waals surface area contributed by atoms with Crippen LogP contribution >= 0.6 is 0 Å². The van der Waals surface area contributed by atoms with Crippen molar-refractivity contribution in [1.29, 1.82) is 0 Å². The van der Waals surface area contributed by atoms with Gasteiger partial charge in [0.05, 0.1) is 5.69 Å². The lowest BCUT2D eigenvalue weighted by atomic mass is 9.86. The molecule has 4 aromatic rings. The summed E-state index contributed by atoms with van der Waals surface area (Å²) in [7, 11) is 0. The third kappa shape index (κ3) is 6.36. The van der Waals surface area contributed by atoms with Gasteiger partial charge in [0.2, 0.25) is 0 Å². The van der Waals surface area contributed by atoms with Crippen molar-refractivity contribution in [1.82, 2.24) is 14.8 Å². The molecule has 3 atom stereocenters. The summed E-state index contributed by atoms with van der Waals surface area (Å²) in [6.07, 6.45) is 1.35. The van der Waals surface area contributed by atoms with Gasteiger partial charge < -0.3 is 0 Å². The number of nitrogens with zero attached hydrogens (tertiary/aromatic N) is 3. The number of rotatable bonds is 13. The highest BCUT2D eigenvalue weighted by molar-refractivity contribution is 5.82. The standard InChI is InChI=1S/C36H31F6N3O2/c37-24-11-21(12-25(38)16-24)10-23(15-27(47)18-45-34-31(33(44-45)35(39)40)29-17-30(29)36(34,41)42)32-28(2-1-9-43-32)22-7-5-20(6-8-22)14-26(46)13-19-3-4-19/h1-2,5-9,11-12,16,19,23,29-30,35H,3-4,10,13-15,17-18H2/t23-,29?,30?/m1/s1. The van der Waals surface area contributed by atoms with Crippen LogP contribution < -0.4 is 0 Å². The number of Topliss-reactive ketones (excluding diaryl/α,β-unsaturated/α-hetero) is 2. The van der Waals surface area contributed by atoms with Gasteiger partial charge >= 0.3 is 0 Å². The van der Waals surface area contributed by atoms with E-state index in [-0.39, 0.29) is 36.2 Å². The molecule has 2 unspecified atom stereocenters. The molecule has 3 aliphatic carbocycles. The Kier molecular flexibility index (Phi) is 8.04. The molecule has 0 bridgehead atoms. The minimum Gasteiger partial charge on any atom is -0.299 e. The van der Waals surface area contributed by atoms with Crippen molar-refractivity contribution in [3.63, 3.8) is 0 Å². The highest BCUT2D eigenvalue weighted by Gasteiger charge is 2.67. The molecule has 0 N–H and O–H groups in total. The molecule has 2 fully saturated rings. The first-order valence-electron chi connectivity index (χ1n) is 15.8. The van der Waals surface area contributed by atoms with Gasteiger partial charge in [0, 0.05) is 54.5 Å². The molecule has 2 heterocycles. The van der Waals surface area contributed by atoms with Crippen LogP contribution in [0.4, 0.5) is 26.3 Å². The number of hydrogen-bond donors (Lipinski definition) is 0. The maximum Gasteiger partial charge on any atom is 0.293 e. The molecular formula is C36H31F6N3O2. The van der Waals surface area contributed by atoms with Crippen LogP contribution in [0.15, 0.2) is 60.8 Å². The molecule has 0 radical (unpaired) electrons. The molecule has 0 aliphatic heterocycles. The lowest BCUT2D eigenvalue weighted by molar-refractivity contribution is -0.120. The molecule has 2 aromatic heterocycles. The molecule has 11 heteroatoms. The second-order valence-electron chi connectivity index (χ2n) is 13.1. The molecule has 2 saturated carbocycles. The highest BCUT2D eigenvalue weighted by Crippen LogP contribution is 2.68. The van der Waals surface area contributed by atoms with Crippen LogP contribution in [0, 0.1) is 23.5 Å². The van der Waals surface area contributed by atoms with E-state index in [0.29, 0.717) is 34.7 Å². The van der Waals surface area contributed by atoms with E-state index in [2.05, 4.69) is 10.1 Å². The Hall–Kier alpha value is -4.28. The summed E-state index contributed by atoms with van der Waals surface area (Å²) < 4.78 is 87.0. The maximum absolute atomic E-state index is 15.1. The second kappa shape index (κ2) is 12.1. The molecule has 0 saturated heterocycles. The van der Waals surface area contributed by atoms with E-state index in [1.54, 1.807) is 12.1 Å². The highest BCUT2D eigenvalue weighted by atomic mass is 19.3. The van der Waals surface area contributed by atoms with Gasteiger partial charge in [-0.3, -0.25) is 19.3 Å². The van der Waals surface area contributed by atoms with E-state index in [0.717, 1.165) is 42.2 Å². The molecule has 7 rings (SSSR count). The van der Waals surface area contributed by atoms with Crippen molar-refractivity contribution in [2.24, 2.45) is 11.8 Å². The van der Waals surface area contributed by atoms with Gasteiger partial charge in [-0.15, -0.1) is 0 Å². The van der Waals surface area contributed by atoms with Gasteiger partial charge in [-0.1, -0.05) is 30.3 Å². The minimum absolute atomic E-state index is 0.0159. The Morgan fingerprint density at radius 3 is 2.34 bits per heavy atom. The fraction of sp³-hybridized carbons (Fsp3) is 0.389. The van der Waals surface area contributed by atoms with Gasteiger partial charge in [-0.2, -0.15) is 13.9 Å². The molecule has 244 valence electrons. The summed E-state index contributed by atoms with van der Waals surface area (Å²) in [6.45, 7) is -0.663. The Morgan fingerprint density at radius 2 is 1.66 bits per heavy atom. The van der Waals surface area contributed by atoms with Crippen LogP contribution in [0.5, 0.6) is 0 Å². The second-order valence-corrected chi connectivity index (χ2v) is 13.1. The van der Waals surface area contributed by atoms with Crippen molar-refractivity contribution >= 4 is 11.6 Å². The summed E-state index contributed by atoms with van der Waals surface area (Å²) >= 11 is 0. The van der Waals surface area contributed by atoms with Crippen LogP contribution in [0.1, 0.15) is 84.1 Å². The van der Waals surface area contributed by atoms with Crippen molar-refractivity contribution in [2.45, 2.75) is 75.7 Å². The quantitative estimate of drug-likeness (QED) is 0.137. The zero-order chi connectivity index (χ0) is 33.0. The molecule has 3 aliphatic rings. The van der Waals surface area contributed by atoms with E-state index in [9.17, 15) is 27.2 Å². The van der Waals surface area contributed by atoms with Crippen LogP contribution in [0.2, 0.25) is 0 Å². The first-order chi connectivity index (χ1) is 22.5. The molecule has 47 heavy (non-hydrogen) atoms. The van der Waals surface area contributed by atoms with Crippen molar-refractivity contribution < 1.29 is 35.9 Å². The van der Waals surface area contributed by atoms with E-state index in [1.807, 2.05) is 24.3 Å². The van der Waals surface area contributed by atoms with E-state index in [4.69, 9.17) is 0 Å². The van der Waals surface area contributed by atoms with E-state index < -0.39 is 65.5 Å². The lowest BCUT2D eigenvalue weighted by Gasteiger charge is -2.21. The summed E-state index contributed by atoms with van der Waals surface area (Å²) in [5.74, 6) is -7.39. The smallest absolute Gasteiger partial charge is 0.293 e. The average molecular weight is 652 g/mol. The van der Waals surface area contributed by atoms with Gasteiger partial charge in [0.1, 0.15) is 35.4 Å². The van der Waals surface area contributed by atoms with Crippen LogP contribution in [-0.4, -0.2) is 26.3 Å². The number of alkyl halides is 4. The largest absolute Gasteiger partial charge is 0.299 e.